The lowest BCUT2D eigenvalue weighted by Gasteiger charge is -2.38. The fourth-order valence-electron chi connectivity index (χ4n) is 4.17. The molecule has 4 aromatic carbocycles. The van der Waals surface area contributed by atoms with Crippen LogP contribution in [0.15, 0.2) is 113 Å². The van der Waals surface area contributed by atoms with Gasteiger partial charge >= 0.3 is 11.9 Å². The van der Waals surface area contributed by atoms with Crippen LogP contribution in [0.3, 0.4) is 0 Å². The minimum Gasteiger partial charge on any atom is -0.433 e. The van der Waals surface area contributed by atoms with Crippen molar-refractivity contribution in [2.45, 2.75) is 23.7 Å². The van der Waals surface area contributed by atoms with E-state index in [0.29, 0.717) is 5.02 Å². The molecule has 0 aliphatic carbocycles. The number of rotatable bonds is 6. The Morgan fingerprint density at radius 3 is 2.13 bits per heavy atom. The minimum absolute atomic E-state index is 0.0787. The van der Waals surface area contributed by atoms with Crippen molar-refractivity contribution in [1.29, 1.82) is 0 Å². The summed E-state index contributed by atoms with van der Waals surface area (Å²) in [7, 11) is -4.25. The van der Waals surface area contributed by atoms with Crippen molar-refractivity contribution in [2.75, 3.05) is 9.73 Å². The van der Waals surface area contributed by atoms with E-state index < -0.39 is 27.5 Å². The van der Waals surface area contributed by atoms with Gasteiger partial charge in [-0.25, -0.2) is 13.4 Å². The molecule has 1 N–H and O–H groups in total. The molecule has 0 saturated heterocycles. The van der Waals surface area contributed by atoms with Gasteiger partial charge in [-0.3, -0.25) is 4.72 Å². The number of nitrogens with zero attached hydrogens (tertiary/aromatic N) is 2. The highest BCUT2D eigenvalue weighted by atomic mass is 35.5. The molecule has 0 fully saturated rings. The molecule has 0 aromatic heterocycles. The van der Waals surface area contributed by atoms with Gasteiger partial charge in [0.05, 0.1) is 21.8 Å². The molecule has 1 aliphatic heterocycles. The van der Waals surface area contributed by atoms with Crippen LogP contribution in [0.5, 0.6) is 0 Å². The maximum Gasteiger partial charge on any atom is 0.455 e. The lowest BCUT2D eigenvalue weighted by atomic mass is 9.98. The smallest absolute Gasteiger partial charge is 0.433 e. The summed E-state index contributed by atoms with van der Waals surface area (Å²) < 4.78 is 80.5. The van der Waals surface area contributed by atoms with E-state index >= 15 is 13.2 Å². The first-order valence-corrected chi connectivity index (χ1v) is 13.5. The molecule has 11 heteroatoms. The minimum atomic E-state index is -5.09. The van der Waals surface area contributed by atoms with Gasteiger partial charge in [-0.1, -0.05) is 65.7 Å². The van der Waals surface area contributed by atoms with Crippen LogP contribution in [-0.2, 0) is 20.5 Å². The summed E-state index contributed by atoms with van der Waals surface area (Å²) in [5.41, 5.74) is -2.86. The molecule has 0 saturated carbocycles. The van der Waals surface area contributed by atoms with Gasteiger partial charge in [0.15, 0.2) is 0 Å². The second kappa shape index (κ2) is 9.94. The Labute approximate surface area is 228 Å². The Morgan fingerprint density at radius 1 is 0.872 bits per heavy atom. The Balaban J connectivity index is 1.69. The van der Waals surface area contributed by atoms with Crippen LogP contribution < -0.4 is 9.73 Å². The van der Waals surface area contributed by atoms with E-state index in [1.54, 1.807) is 37.3 Å². The Hall–Kier alpha value is -4.02. The largest absolute Gasteiger partial charge is 0.455 e. The van der Waals surface area contributed by atoms with Crippen molar-refractivity contribution >= 4 is 38.9 Å². The summed E-state index contributed by atoms with van der Waals surface area (Å²) in [6.45, 7) is 1.79. The van der Waals surface area contributed by atoms with Gasteiger partial charge in [-0.2, -0.15) is 13.2 Å². The van der Waals surface area contributed by atoms with Crippen LogP contribution >= 0.6 is 11.6 Å². The summed E-state index contributed by atoms with van der Waals surface area (Å²) >= 11 is 5.97. The zero-order chi connectivity index (χ0) is 27.8. The zero-order valence-electron chi connectivity index (χ0n) is 20.4. The van der Waals surface area contributed by atoms with Crippen molar-refractivity contribution in [3.63, 3.8) is 0 Å². The van der Waals surface area contributed by atoms with Crippen LogP contribution in [0.2, 0.25) is 5.02 Å². The van der Waals surface area contributed by atoms with E-state index in [1.807, 2.05) is 0 Å². The number of nitrogens with one attached hydrogen (secondary N) is 1. The van der Waals surface area contributed by atoms with Gasteiger partial charge in [0.2, 0.25) is 5.90 Å². The number of alkyl halides is 3. The number of aryl methyl sites for hydroxylation is 1. The molecule has 39 heavy (non-hydrogen) atoms. The average molecular weight is 572 g/mol. The molecular formula is C28H21ClF3N3O3S. The third-order valence-corrected chi connectivity index (χ3v) is 7.71. The maximum atomic E-state index is 15.3. The van der Waals surface area contributed by atoms with Crippen molar-refractivity contribution in [3.05, 3.63) is 125 Å². The Bertz CT molecular complexity index is 1630. The van der Waals surface area contributed by atoms with Crippen LogP contribution in [0.1, 0.15) is 16.7 Å². The third-order valence-electron chi connectivity index (χ3n) is 6.08. The number of ether oxygens (including phenoxy) is 1. The fraction of sp³-hybridized carbons (Fsp3) is 0.107. The van der Waals surface area contributed by atoms with E-state index in [-0.39, 0.29) is 27.7 Å². The van der Waals surface area contributed by atoms with Crippen LogP contribution in [-0.4, -0.2) is 20.5 Å². The van der Waals surface area contributed by atoms with Gasteiger partial charge < -0.3 is 4.74 Å². The summed E-state index contributed by atoms with van der Waals surface area (Å²) in [4.78, 5) is -0.102. The molecule has 200 valence electrons. The number of sulfonamides is 1. The maximum absolute atomic E-state index is 15.3. The molecule has 1 atom stereocenters. The SMILES string of the molecule is Cc1ccc(S(=O)(=O)Nc2ccccc2C2(C(F)(F)F)OC(c3ccc(Cl)cc3)=NN2c2ccccc2)cc1. The summed E-state index contributed by atoms with van der Waals surface area (Å²) in [5.74, 6) is -0.316. The van der Waals surface area contributed by atoms with E-state index in [1.165, 1.54) is 66.7 Å². The first kappa shape index (κ1) is 26.6. The highest BCUT2D eigenvalue weighted by molar-refractivity contribution is 7.92. The van der Waals surface area contributed by atoms with E-state index in [9.17, 15) is 8.42 Å². The highest BCUT2D eigenvalue weighted by Gasteiger charge is 2.67. The summed E-state index contributed by atoms with van der Waals surface area (Å²) in [5, 5.41) is 5.35. The second-order valence-corrected chi connectivity index (χ2v) is 10.9. The van der Waals surface area contributed by atoms with Crippen LogP contribution in [0, 0.1) is 6.92 Å². The lowest BCUT2D eigenvalue weighted by Crippen LogP contribution is -2.54. The van der Waals surface area contributed by atoms with Crippen LogP contribution in [0.25, 0.3) is 0 Å². The first-order chi connectivity index (χ1) is 18.5. The molecule has 1 unspecified atom stereocenters. The number of benzene rings is 4. The molecule has 6 nitrogen and oxygen atoms in total. The van der Waals surface area contributed by atoms with E-state index in [4.69, 9.17) is 16.3 Å². The molecular weight excluding hydrogens is 551 g/mol. The van der Waals surface area contributed by atoms with Crippen LogP contribution in [0.4, 0.5) is 24.5 Å². The number of hydrogen-bond donors (Lipinski definition) is 1. The quantitative estimate of drug-likeness (QED) is 0.269. The van der Waals surface area contributed by atoms with Crippen molar-refractivity contribution in [2.24, 2.45) is 5.10 Å². The number of halogens is 4. The summed E-state index contributed by atoms with van der Waals surface area (Å²) in [6, 6.07) is 24.9. The van der Waals surface area contributed by atoms with Crippen molar-refractivity contribution < 1.29 is 26.3 Å². The molecule has 1 heterocycles. The normalized spacial score (nSPS) is 17.5. The Morgan fingerprint density at radius 2 is 1.49 bits per heavy atom. The van der Waals surface area contributed by atoms with Gasteiger partial charge in [-0.05, 0) is 61.5 Å². The van der Waals surface area contributed by atoms with Gasteiger partial charge in [0.25, 0.3) is 10.0 Å². The predicted molar refractivity (Wildman–Crippen MR) is 144 cm³/mol. The monoisotopic (exact) mass is 571 g/mol. The predicted octanol–water partition coefficient (Wildman–Crippen LogP) is 7.06. The fourth-order valence-corrected chi connectivity index (χ4v) is 5.38. The van der Waals surface area contributed by atoms with E-state index in [2.05, 4.69) is 9.82 Å². The number of anilines is 2. The summed E-state index contributed by atoms with van der Waals surface area (Å²) in [6.07, 6.45) is -5.09. The molecule has 4 aromatic rings. The molecule has 0 amide bonds. The van der Waals surface area contributed by atoms with Gasteiger partial charge in [-0.15, -0.1) is 5.10 Å². The average Bonchev–Trinajstić information content (AvgIpc) is 3.32. The van der Waals surface area contributed by atoms with Crippen molar-refractivity contribution in [1.82, 2.24) is 0 Å². The molecule has 0 spiro atoms. The molecule has 1 aliphatic rings. The number of hydrazone groups is 1. The third kappa shape index (κ3) is 4.93. The van der Waals surface area contributed by atoms with Crippen molar-refractivity contribution in [3.8, 4) is 0 Å². The molecule has 0 bridgehead atoms. The first-order valence-electron chi connectivity index (χ1n) is 11.7. The lowest BCUT2D eigenvalue weighted by molar-refractivity contribution is -0.253. The molecule has 0 radical (unpaired) electrons. The highest BCUT2D eigenvalue weighted by Crippen LogP contribution is 2.52. The van der Waals surface area contributed by atoms with Gasteiger partial charge in [0, 0.05) is 10.6 Å². The number of hydrogen-bond acceptors (Lipinski definition) is 5. The molecule has 5 rings (SSSR count). The zero-order valence-corrected chi connectivity index (χ0v) is 21.9. The topological polar surface area (TPSA) is 71.0 Å². The van der Waals surface area contributed by atoms with Gasteiger partial charge in [0.1, 0.15) is 0 Å². The number of para-hydroxylation sites is 2. The standard InChI is InChI=1S/C28H21ClF3N3O3S/c1-19-11-17-23(18-12-19)39(36,37)34-25-10-6-5-9-24(25)27(28(30,31)32)35(22-7-3-2-4-8-22)33-26(38-27)20-13-15-21(29)16-14-20/h2-18,34H,1H3. The Kier molecular flexibility index (Phi) is 6.77. The second-order valence-electron chi connectivity index (χ2n) is 8.77. The van der Waals surface area contributed by atoms with E-state index in [0.717, 1.165) is 16.6 Å².